The van der Waals surface area contributed by atoms with E-state index >= 15 is 0 Å². The van der Waals surface area contributed by atoms with Gasteiger partial charge in [0.2, 0.25) is 5.91 Å². The third kappa shape index (κ3) is 4.33. The van der Waals surface area contributed by atoms with Gasteiger partial charge >= 0.3 is 0 Å². The Labute approximate surface area is 192 Å². The van der Waals surface area contributed by atoms with Crippen molar-refractivity contribution in [3.05, 3.63) is 77.3 Å². The highest BCUT2D eigenvalue weighted by atomic mass is 16.2. The van der Waals surface area contributed by atoms with Gasteiger partial charge in [0.05, 0.1) is 12.7 Å². The fourth-order valence-electron chi connectivity index (χ4n) is 4.66. The minimum absolute atomic E-state index is 0.0129. The van der Waals surface area contributed by atoms with Crippen LogP contribution < -0.4 is 4.90 Å². The maximum Gasteiger partial charge on any atom is 0.274 e. The molecule has 0 bridgehead atoms. The summed E-state index contributed by atoms with van der Waals surface area (Å²) in [5.41, 5.74) is 3.37. The molecular weight excluding hydrogens is 416 g/mol. The molecule has 4 heterocycles. The van der Waals surface area contributed by atoms with Crippen LogP contribution in [-0.4, -0.2) is 49.7 Å². The van der Waals surface area contributed by atoms with E-state index in [1.54, 1.807) is 11.1 Å². The van der Waals surface area contributed by atoms with Crippen LogP contribution in [0.5, 0.6) is 0 Å². The highest BCUT2D eigenvalue weighted by Gasteiger charge is 2.32. The first-order valence-electron chi connectivity index (χ1n) is 11.4. The summed E-state index contributed by atoms with van der Waals surface area (Å²) in [5, 5.41) is 0. The lowest BCUT2D eigenvalue weighted by atomic mass is 9.95. The zero-order valence-electron chi connectivity index (χ0n) is 18.6. The minimum Gasteiger partial charge on any atom is -0.337 e. The van der Waals surface area contributed by atoms with Crippen LogP contribution in [0.2, 0.25) is 0 Å². The van der Waals surface area contributed by atoms with Crippen molar-refractivity contribution in [1.82, 2.24) is 24.8 Å². The van der Waals surface area contributed by atoms with Gasteiger partial charge in [0.1, 0.15) is 17.3 Å². The Bertz CT molecular complexity index is 1170. The van der Waals surface area contributed by atoms with Crippen LogP contribution >= 0.6 is 0 Å². The lowest BCUT2D eigenvalue weighted by molar-refractivity contribution is -0.119. The number of aromatic nitrogens is 4. The highest BCUT2D eigenvalue weighted by Crippen LogP contribution is 2.33. The fraction of sp³-hybridized carbons (Fsp3) is 0.360. The topological polar surface area (TPSA) is 92.2 Å². The second-order valence-corrected chi connectivity index (χ2v) is 8.62. The maximum absolute atomic E-state index is 12.9. The number of amides is 2. The number of aryl methyl sites for hydroxylation is 1. The molecule has 0 aliphatic carbocycles. The van der Waals surface area contributed by atoms with Crippen molar-refractivity contribution in [2.75, 3.05) is 18.0 Å². The van der Waals surface area contributed by atoms with E-state index in [9.17, 15) is 9.59 Å². The van der Waals surface area contributed by atoms with Crippen molar-refractivity contribution >= 4 is 17.6 Å². The Morgan fingerprint density at radius 3 is 2.76 bits per heavy atom. The minimum atomic E-state index is -0.122. The Kier molecular flexibility index (Phi) is 5.81. The van der Waals surface area contributed by atoms with Crippen molar-refractivity contribution < 1.29 is 9.59 Å². The van der Waals surface area contributed by atoms with Gasteiger partial charge in [0.15, 0.2) is 0 Å². The molecule has 2 aromatic heterocycles. The maximum atomic E-state index is 12.9. The Morgan fingerprint density at radius 1 is 1.12 bits per heavy atom. The number of likely N-dealkylation sites (tertiary alicyclic amines) is 1. The van der Waals surface area contributed by atoms with Crippen molar-refractivity contribution in [2.24, 2.45) is 0 Å². The number of piperidine rings is 1. The Morgan fingerprint density at radius 2 is 1.97 bits per heavy atom. The summed E-state index contributed by atoms with van der Waals surface area (Å²) in [6.45, 7) is 3.69. The molecular formula is C25H26N6O2. The van der Waals surface area contributed by atoms with Crippen molar-refractivity contribution in [3.8, 4) is 0 Å². The summed E-state index contributed by atoms with van der Waals surface area (Å²) in [6.07, 6.45) is 7.47. The van der Waals surface area contributed by atoms with Crippen LogP contribution in [0.1, 0.15) is 58.3 Å². The summed E-state index contributed by atoms with van der Waals surface area (Å²) >= 11 is 0. The number of benzene rings is 1. The van der Waals surface area contributed by atoms with Crippen LogP contribution in [-0.2, 0) is 17.8 Å². The molecule has 8 nitrogen and oxygen atoms in total. The fourth-order valence-corrected chi connectivity index (χ4v) is 4.66. The van der Waals surface area contributed by atoms with E-state index in [4.69, 9.17) is 9.97 Å². The molecule has 1 atom stereocenters. The Hall–Kier alpha value is -3.68. The van der Waals surface area contributed by atoms with Gasteiger partial charge in [0, 0.05) is 49.1 Å². The number of rotatable bonds is 4. The quantitative estimate of drug-likeness (QED) is 0.617. The van der Waals surface area contributed by atoms with Gasteiger partial charge in [0.25, 0.3) is 5.91 Å². The largest absolute Gasteiger partial charge is 0.337 e. The van der Waals surface area contributed by atoms with E-state index in [2.05, 4.69) is 9.97 Å². The van der Waals surface area contributed by atoms with Crippen LogP contribution in [0.15, 0.2) is 48.9 Å². The second-order valence-electron chi connectivity index (χ2n) is 8.62. The highest BCUT2D eigenvalue weighted by molar-refractivity contribution is 5.95. The summed E-state index contributed by atoms with van der Waals surface area (Å²) < 4.78 is 0. The van der Waals surface area contributed by atoms with E-state index in [0.717, 1.165) is 35.5 Å². The van der Waals surface area contributed by atoms with E-state index < -0.39 is 0 Å². The van der Waals surface area contributed by atoms with E-state index in [1.807, 2.05) is 42.2 Å². The second kappa shape index (κ2) is 9.05. The zero-order valence-corrected chi connectivity index (χ0v) is 18.6. The molecule has 8 heteroatoms. The van der Waals surface area contributed by atoms with Gasteiger partial charge in [-0.3, -0.25) is 19.5 Å². The average molecular weight is 443 g/mol. The summed E-state index contributed by atoms with van der Waals surface area (Å²) in [7, 11) is 0. The normalized spacial score (nSPS) is 18.2. The average Bonchev–Trinajstić information content (AvgIpc) is 2.86. The summed E-state index contributed by atoms with van der Waals surface area (Å²) in [6, 6.07) is 9.97. The molecule has 5 rings (SSSR count). The first kappa shape index (κ1) is 21.2. The smallest absolute Gasteiger partial charge is 0.274 e. The predicted octanol–water partition coefficient (Wildman–Crippen LogP) is 3.07. The molecule has 0 saturated carbocycles. The van der Waals surface area contributed by atoms with Gasteiger partial charge in [-0.05, 0) is 31.7 Å². The molecule has 3 aromatic rings. The van der Waals surface area contributed by atoms with Crippen molar-refractivity contribution in [1.29, 1.82) is 0 Å². The SMILES string of the molecule is Cc1nc(C2CCCN(C(=O)c3cnccn3)C2)nc2c1CCC(=O)N2Cc1ccccc1. The molecule has 1 fully saturated rings. The molecule has 2 aliphatic heterocycles. The molecule has 0 spiro atoms. The van der Waals surface area contributed by atoms with Crippen molar-refractivity contribution in [3.63, 3.8) is 0 Å². The third-order valence-corrected chi connectivity index (χ3v) is 6.39. The van der Waals surface area contributed by atoms with E-state index in [0.29, 0.717) is 44.0 Å². The van der Waals surface area contributed by atoms with Crippen LogP contribution in [0.25, 0.3) is 0 Å². The number of hydrogen-bond acceptors (Lipinski definition) is 6. The zero-order chi connectivity index (χ0) is 22.8. The van der Waals surface area contributed by atoms with Crippen molar-refractivity contribution in [2.45, 2.75) is 45.1 Å². The molecule has 33 heavy (non-hydrogen) atoms. The number of carbonyl (C=O) groups is 2. The lowest BCUT2D eigenvalue weighted by Crippen LogP contribution is -2.40. The van der Waals surface area contributed by atoms with E-state index in [1.165, 1.54) is 12.4 Å². The lowest BCUT2D eigenvalue weighted by Gasteiger charge is -2.34. The number of carbonyl (C=O) groups excluding carboxylic acids is 2. The van der Waals surface area contributed by atoms with Crippen LogP contribution in [0.3, 0.4) is 0 Å². The molecule has 1 aromatic carbocycles. The first-order chi connectivity index (χ1) is 16.1. The molecule has 1 unspecified atom stereocenters. The monoisotopic (exact) mass is 442 g/mol. The molecule has 0 radical (unpaired) electrons. The number of nitrogens with zero attached hydrogens (tertiary/aromatic N) is 6. The molecule has 168 valence electrons. The van der Waals surface area contributed by atoms with Crippen LogP contribution in [0.4, 0.5) is 5.82 Å². The van der Waals surface area contributed by atoms with Gasteiger partial charge in [-0.1, -0.05) is 30.3 Å². The van der Waals surface area contributed by atoms with E-state index in [-0.39, 0.29) is 17.7 Å². The molecule has 2 aliphatic rings. The van der Waals surface area contributed by atoms with Gasteiger partial charge in [-0.2, -0.15) is 0 Å². The standard InChI is InChI=1S/C25H26N6O2/c1-17-20-9-10-22(32)31(15-18-6-3-2-4-7-18)24(20)29-23(28-17)19-8-5-13-30(16-19)25(33)21-14-26-11-12-27-21/h2-4,6-7,11-12,14,19H,5,8-10,13,15-16H2,1H3. The number of hydrogen-bond donors (Lipinski definition) is 0. The van der Waals surface area contributed by atoms with Crippen LogP contribution in [0, 0.1) is 6.92 Å². The van der Waals surface area contributed by atoms with Gasteiger partial charge in [-0.25, -0.2) is 15.0 Å². The van der Waals surface area contributed by atoms with Gasteiger partial charge < -0.3 is 4.90 Å². The molecule has 1 saturated heterocycles. The summed E-state index contributed by atoms with van der Waals surface area (Å²) in [5.74, 6) is 1.39. The predicted molar refractivity (Wildman–Crippen MR) is 123 cm³/mol. The number of fused-ring (bicyclic) bond motifs is 1. The number of anilines is 1. The first-order valence-corrected chi connectivity index (χ1v) is 11.4. The Balaban J connectivity index is 1.43. The molecule has 2 amide bonds. The van der Waals surface area contributed by atoms with Gasteiger partial charge in [-0.15, -0.1) is 0 Å². The third-order valence-electron chi connectivity index (χ3n) is 6.39. The molecule has 0 N–H and O–H groups in total. The summed E-state index contributed by atoms with van der Waals surface area (Å²) in [4.78, 5) is 47.3.